The molecule has 0 atom stereocenters. The molecule has 1 saturated heterocycles. The van der Waals surface area contributed by atoms with Gasteiger partial charge in [0.25, 0.3) is 0 Å². The summed E-state index contributed by atoms with van der Waals surface area (Å²) in [5.41, 5.74) is 0.989. The molecule has 4 heteroatoms. The maximum absolute atomic E-state index is 12.7. The van der Waals surface area contributed by atoms with Crippen LogP contribution in [0.15, 0.2) is 24.3 Å². The standard InChI is InChI=1S/C14H22FN3/c1-2-17-9-11-18(12-10-17)8-7-16-14-5-3-13(15)4-6-14/h3-6,16H,2,7-12H2,1H3. The van der Waals surface area contributed by atoms with Crippen LogP contribution in [0.4, 0.5) is 10.1 Å². The van der Waals surface area contributed by atoms with Crippen LogP contribution in [-0.4, -0.2) is 55.6 Å². The molecule has 0 radical (unpaired) electrons. The molecule has 3 nitrogen and oxygen atoms in total. The van der Waals surface area contributed by atoms with Crippen molar-refractivity contribution in [3.05, 3.63) is 30.1 Å². The smallest absolute Gasteiger partial charge is 0.123 e. The number of benzene rings is 1. The monoisotopic (exact) mass is 251 g/mol. The van der Waals surface area contributed by atoms with Crippen LogP contribution in [0.5, 0.6) is 0 Å². The highest BCUT2D eigenvalue weighted by molar-refractivity contribution is 5.42. The lowest BCUT2D eigenvalue weighted by Crippen LogP contribution is -2.47. The lowest BCUT2D eigenvalue weighted by Gasteiger charge is -2.34. The fourth-order valence-corrected chi connectivity index (χ4v) is 2.26. The molecule has 0 amide bonds. The van der Waals surface area contributed by atoms with Crippen LogP contribution < -0.4 is 5.32 Å². The number of anilines is 1. The van der Waals surface area contributed by atoms with Gasteiger partial charge in [-0.15, -0.1) is 0 Å². The van der Waals surface area contributed by atoms with Gasteiger partial charge in [-0.1, -0.05) is 6.92 Å². The first-order valence-corrected chi connectivity index (χ1v) is 6.72. The molecule has 1 fully saturated rings. The predicted molar refractivity (Wildman–Crippen MR) is 73.4 cm³/mol. The van der Waals surface area contributed by atoms with Crippen molar-refractivity contribution in [2.75, 3.05) is 51.1 Å². The fourth-order valence-electron chi connectivity index (χ4n) is 2.26. The van der Waals surface area contributed by atoms with Crippen molar-refractivity contribution in [3.63, 3.8) is 0 Å². The first-order chi connectivity index (χ1) is 8.78. The van der Waals surface area contributed by atoms with Crippen molar-refractivity contribution in [2.24, 2.45) is 0 Å². The van der Waals surface area contributed by atoms with E-state index in [9.17, 15) is 4.39 Å². The molecule has 0 saturated carbocycles. The number of nitrogens with zero attached hydrogens (tertiary/aromatic N) is 2. The molecule has 100 valence electrons. The Morgan fingerprint density at radius 2 is 1.67 bits per heavy atom. The van der Waals surface area contributed by atoms with Gasteiger partial charge in [0.15, 0.2) is 0 Å². The van der Waals surface area contributed by atoms with E-state index in [0.717, 1.165) is 38.4 Å². The van der Waals surface area contributed by atoms with Crippen LogP contribution in [0.1, 0.15) is 6.92 Å². The summed E-state index contributed by atoms with van der Waals surface area (Å²) in [6.45, 7) is 9.98. The highest BCUT2D eigenvalue weighted by atomic mass is 19.1. The van der Waals surface area contributed by atoms with Crippen LogP contribution in [0.2, 0.25) is 0 Å². The summed E-state index contributed by atoms with van der Waals surface area (Å²) < 4.78 is 12.7. The summed E-state index contributed by atoms with van der Waals surface area (Å²) in [6, 6.07) is 6.54. The van der Waals surface area contributed by atoms with E-state index >= 15 is 0 Å². The zero-order chi connectivity index (χ0) is 12.8. The van der Waals surface area contributed by atoms with E-state index in [0.29, 0.717) is 0 Å². The zero-order valence-electron chi connectivity index (χ0n) is 11.0. The van der Waals surface area contributed by atoms with Gasteiger partial charge in [-0.25, -0.2) is 4.39 Å². The summed E-state index contributed by atoms with van der Waals surface area (Å²) in [5, 5.41) is 3.32. The van der Waals surface area contributed by atoms with Crippen molar-refractivity contribution >= 4 is 5.69 Å². The second kappa shape index (κ2) is 6.71. The molecular formula is C14H22FN3. The van der Waals surface area contributed by atoms with Crippen molar-refractivity contribution < 1.29 is 4.39 Å². The number of nitrogens with one attached hydrogen (secondary N) is 1. The zero-order valence-corrected chi connectivity index (χ0v) is 11.0. The van der Waals surface area contributed by atoms with Crippen molar-refractivity contribution in [2.45, 2.75) is 6.92 Å². The SMILES string of the molecule is CCN1CCN(CCNc2ccc(F)cc2)CC1. The van der Waals surface area contributed by atoms with Gasteiger partial charge in [-0.3, -0.25) is 4.90 Å². The van der Waals surface area contributed by atoms with Crippen molar-refractivity contribution in [3.8, 4) is 0 Å². The highest BCUT2D eigenvalue weighted by Crippen LogP contribution is 2.08. The molecule has 0 spiro atoms. The number of hydrogen-bond donors (Lipinski definition) is 1. The van der Waals surface area contributed by atoms with Gasteiger partial charge in [0, 0.05) is 45.0 Å². The van der Waals surface area contributed by atoms with E-state index in [2.05, 4.69) is 22.0 Å². The minimum Gasteiger partial charge on any atom is -0.384 e. The number of rotatable bonds is 5. The van der Waals surface area contributed by atoms with E-state index in [1.165, 1.54) is 25.2 Å². The highest BCUT2D eigenvalue weighted by Gasteiger charge is 2.14. The van der Waals surface area contributed by atoms with Crippen molar-refractivity contribution in [1.82, 2.24) is 9.80 Å². The van der Waals surface area contributed by atoms with Gasteiger partial charge in [-0.2, -0.15) is 0 Å². The Morgan fingerprint density at radius 3 is 2.28 bits per heavy atom. The molecule has 0 aromatic heterocycles. The number of hydrogen-bond acceptors (Lipinski definition) is 3. The fraction of sp³-hybridized carbons (Fsp3) is 0.571. The molecule has 0 bridgehead atoms. The summed E-state index contributed by atoms with van der Waals surface area (Å²) in [7, 11) is 0. The average molecular weight is 251 g/mol. The first kappa shape index (κ1) is 13.3. The average Bonchev–Trinajstić information content (AvgIpc) is 2.42. The molecule has 0 aliphatic carbocycles. The van der Waals surface area contributed by atoms with E-state index in [4.69, 9.17) is 0 Å². The van der Waals surface area contributed by atoms with Gasteiger partial charge in [0.05, 0.1) is 0 Å². The second-order valence-corrected chi connectivity index (χ2v) is 4.71. The Hall–Kier alpha value is -1.13. The van der Waals surface area contributed by atoms with Crippen LogP contribution in [0, 0.1) is 5.82 Å². The van der Waals surface area contributed by atoms with E-state index < -0.39 is 0 Å². The molecule has 0 unspecified atom stereocenters. The summed E-state index contributed by atoms with van der Waals surface area (Å²) in [4.78, 5) is 4.95. The summed E-state index contributed by atoms with van der Waals surface area (Å²) >= 11 is 0. The second-order valence-electron chi connectivity index (χ2n) is 4.71. The van der Waals surface area contributed by atoms with Gasteiger partial charge in [0.2, 0.25) is 0 Å². The molecule has 1 aliphatic rings. The molecule has 1 heterocycles. The van der Waals surface area contributed by atoms with Crippen molar-refractivity contribution in [1.29, 1.82) is 0 Å². The number of halogens is 1. The Bertz CT molecular complexity index is 345. The van der Waals surface area contributed by atoms with Gasteiger partial charge < -0.3 is 10.2 Å². The van der Waals surface area contributed by atoms with Crippen LogP contribution in [-0.2, 0) is 0 Å². The van der Waals surface area contributed by atoms with Gasteiger partial charge in [0.1, 0.15) is 5.82 Å². The third-order valence-corrected chi connectivity index (χ3v) is 3.51. The Balaban J connectivity index is 1.65. The van der Waals surface area contributed by atoms with Crippen LogP contribution in [0.25, 0.3) is 0 Å². The Kier molecular flexibility index (Phi) is 4.96. The van der Waals surface area contributed by atoms with Gasteiger partial charge in [-0.05, 0) is 30.8 Å². The third kappa shape index (κ3) is 3.96. The first-order valence-electron chi connectivity index (χ1n) is 6.72. The van der Waals surface area contributed by atoms with Gasteiger partial charge >= 0.3 is 0 Å². The maximum Gasteiger partial charge on any atom is 0.123 e. The Morgan fingerprint density at radius 1 is 1.06 bits per heavy atom. The topological polar surface area (TPSA) is 18.5 Å². The van der Waals surface area contributed by atoms with E-state index in [1.54, 1.807) is 12.1 Å². The lowest BCUT2D eigenvalue weighted by molar-refractivity contribution is 0.141. The Labute approximate surface area is 109 Å². The van der Waals surface area contributed by atoms with Crippen LogP contribution >= 0.6 is 0 Å². The normalized spacial score (nSPS) is 17.9. The molecule has 1 aliphatic heterocycles. The number of likely N-dealkylation sites (N-methyl/N-ethyl adjacent to an activating group) is 1. The molecule has 18 heavy (non-hydrogen) atoms. The van der Waals surface area contributed by atoms with E-state index in [-0.39, 0.29) is 5.82 Å². The largest absolute Gasteiger partial charge is 0.384 e. The maximum atomic E-state index is 12.7. The molecule has 1 aromatic carbocycles. The summed E-state index contributed by atoms with van der Waals surface area (Å²) in [6.07, 6.45) is 0. The lowest BCUT2D eigenvalue weighted by atomic mass is 10.3. The number of piperazine rings is 1. The quantitative estimate of drug-likeness (QED) is 0.862. The minimum atomic E-state index is -0.184. The molecular weight excluding hydrogens is 229 g/mol. The molecule has 1 aromatic rings. The minimum absolute atomic E-state index is 0.184. The third-order valence-electron chi connectivity index (χ3n) is 3.51. The predicted octanol–water partition coefficient (Wildman–Crippen LogP) is 1.88. The molecule has 2 rings (SSSR count). The van der Waals surface area contributed by atoms with E-state index in [1.807, 2.05) is 0 Å². The summed E-state index contributed by atoms with van der Waals surface area (Å²) in [5.74, 6) is -0.184. The van der Waals surface area contributed by atoms with Crippen LogP contribution in [0.3, 0.4) is 0 Å². The molecule has 1 N–H and O–H groups in total.